The van der Waals surface area contributed by atoms with Gasteiger partial charge in [-0.2, -0.15) is 0 Å². The van der Waals surface area contributed by atoms with Gasteiger partial charge in [-0.25, -0.2) is 0 Å². The summed E-state index contributed by atoms with van der Waals surface area (Å²) in [6.45, 7) is 4.06. The van der Waals surface area contributed by atoms with E-state index in [9.17, 15) is 4.79 Å². The number of rotatable bonds is 5. The van der Waals surface area contributed by atoms with Crippen LogP contribution in [0.5, 0.6) is 0 Å². The van der Waals surface area contributed by atoms with Crippen molar-refractivity contribution >= 4 is 34.7 Å². The predicted molar refractivity (Wildman–Crippen MR) is 116 cm³/mol. The minimum absolute atomic E-state index is 0.0348. The number of amides is 1. The SMILES string of the molecule is Cc1cc(C)cc(NC(=O)CSc2nnc(-c3csc4c3CCCC4)n2C)c1. The molecule has 0 atom stereocenters. The molecule has 2 aromatic heterocycles. The molecule has 0 fully saturated rings. The van der Waals surface area contributed by atoms with E-state index < -0.39 is 0 Å². The Kier molecular flexibility index (Phi) is 5.55. The number of aryl methyl sites for hydroxylation is 3. The summed E-state index contributed by atoms with van der Waals surface area (Å²) in [7, 11) is 1.98. The normalized spacial score (nSPS) is 13.4. The Morgan fingerprint density at radius 1 is 1.18 bits per heavy atom. The van der Waals surface area contributed by atoms with Crippen molar-refractivity contribution in [2.75, 3.05) is 11.1 Å². The summed E-state index contributed by atoms with van der Waals surface area (Å²) in [5.74, 6) is 1.17. The van der Waals surface area contributed by atoms with E-state index in [1.807, 2.05) is 48.9 Å². The number of nitrogens with one attached hydrogen (secondary N) is 1. The van der Waals surface area contributed by atoms with Crippen molar-refractivity contribution in [1.82, 2.24) is 14.8 Å². The zero-order valence-corrected chi connectivity index (χ0v) is 18.0. The molecule has 1 aliphatic carbocycles. The maximum Gasteiger partial charge on any atom is 0.234 e. The van der Waals surface area contributed by atoms with Crippen molar-refractivity contribution in [3.8, 4) is 11.4 Å². The van der Waals surface area contributed by atoms with Gasteiger partial charge >= 0.3 is 0 Å². The van der Waals surface area contributed by atoms with Gasteiger partial charge in [-0.1, -0.05) is 17.8 Å². The van der Waals surface area contributed by atoms with Crippen molar-refractivity contribution in [3.63, 3.8) is 0 Å². The van der Waals surface area contributed by atoms with Crippen molar-refractivity contribution in [1.29, 1.82) is 0 Å². The van der Waals surface area contributed by atoms with E-state index >= 15 is 0 Å². The maximum atomic E-state index is 12.4. The second-order valence-corrected chi connectivity index (χ2v) is 9.24. The zero-order valence-electron chi connectivity index (χ0n) is 16.4. The van der Waals surface area contributed by atoms with E-state index in [2.05, 4.69) is 27.0 Å². The predicted octanol–water partition coefficient (Wildman–Crippen LogP) is 4.77. The molecular formula is C21H24N4OS2. The molecule has 0 saturated heterocycles. The average Bonchev–Trinajstić information content (AvgIpc) is 3.22. The van der Waals surface area contributed by atoms with Crippen LogP contribution in [0.15, 0.2) is 28.7 Å². The molecule has 0 radical (unpaired) electrons. The lowest BCUT2D eigenvalue weighted by atomic mass is 9.96. The smallest absolute Gasteiger partial charge is 0.234 e. The molecule has 0 aliphatic heterocycles. The molecule has 28 heavy (non-hydrogen) atoms. The first-order chi connectivity index (χ1) is 13.5. The molecule has 4 rings (SSSR count). The van der Waals surface area contributed by atoms with Gasteiger partial charge in [-0.3, -0.25) is 4.79 Å². The first-order valence-corrected chi connectivity index (χ1v) is 11.4. The first kappa shape index (κ1) is 19.2. The minimum Gasteiger partial charge on any atom is -0.325 e. The van der Waals surface area contributed by atoms with Crippen LogP contribution >= 0.6 is 23.1 Å². The fraction of sp³-hybridized carbons (Fsp3) is 0.381. The van der Waals surface area contributed by atoms with Crippen LogP contribution in [0, 0.1) is 13.8 Å². The van der Waals surface area contributed by atoms with E-state index in [1.54, 1.807) is 0 Å². The highest BCUT2D eigenvalue weighted by atomic mass is 32.2. The number of hydrogen-bond donors (Lipinski definition) is 1. The Morgan fingerprint density at radius 3 is 2.71 bits per heavy atom. The molecule has 146 valence electrons. The molecular weight excluding hydrogens is 388 g/mol. The monoisotopic (exact) mass is 412 g/mol. The highest BCUT2D eigenvalue weighted by Gasteiger charge is 2.21. The Morgan fingerprint density at radius 2 is 1.93 bits per heavy atom. The second kappa shape index (κ2) is 8.09. The number of benzene rings is 1. The van der Waals surface area contributed by atoms with Crippen LogP contribution in [0.25, 0.3) is 11.4 Å². The third-order valence-corrected chi connectivity index (χ3v) is 7.08. The summed E-state index contributed by atoms with van der Waals surface area (Å²) in [6.07, 6.45) is 4.83. The van der Waals surface area contributed by atoms with Gasteiger partial charge in [0.1, 0.15) is 0 Å². The highest BCUT2D eigenvalue weighted by Crippen LogP contribution is 2.36. The van der Waals surface area contributed by atoms with Gasteiger partial charge in [0.15, 0.2) is 11.0 Å². The lowest BCUT2D eigenvalue weighted by Gasteiger charge is -2.12. The standard InChI is InChI=1S/C21H24N4OS2/c1-13-8-14(2)10-15(9-13)22-19(26)12-28-21-24-23-20(25(21)3)17-11-27-18-7-5-4-6-16(17)18/h8-11H,4-7,12H2,1-3H3,(H,22,26). The van der Waals surface area contributed by atoms with Gasteiger partial charge in [-0.05, 0) is 68.4 Å². The van der Waals surface area contributed by atoms with Gasteiger partial charge < -0.3 is 9.88 Å². The Balaban J connectivity index is 1.43. The van der Waals surface area contributed by atoms with E-state index in [0.29, 0.717) is 5.75 Å². The van der Waals surface area contributed by atoms with Crippen LogP contribution in [0.4, 0.5) is 5.69 Å². The Bertz CT molecular complexity index is 1000. The molecule has 0 saturated carbocycles. The lowest BCUT2D eigenvalue weighted by molar-refractivity contribution is -0.113. The summed E-state index contributed by atoms with van der Waals surface area (Å²) < 4.78 is 2.01. The quantitative estimate of drug-likeness (QED) is 0.613. The number of thiophene rings is 1. The number of hydrogen-bond acceptors (Lipinski definition) is 5. The molecule has 1 amide bonds. The molecule has 0 spiro atoms. The van der Waals surface area contributed by atoms with E-state index in [0.717, 1.165) is 34.2 Å². The second-order valence-electron chi connectivity index (χ2n) is 7.34. The third-order valence-electron chi connectivity index (χ3n) is 4.97. The van der Waals surface area contributed by atoms with Gasteiger partial charge in [0.25, 0.3) is 0 Å². The molecule has 0 unspecified atom stereocenters. The van der Waals surface area contributed by atoms with Crippen molar-refractivity contribution in [2.45, 2.75) is 44.7 Å². The molecule has 1 aliphatic rings. The van der Waals surface area contributed by atoms with Gasteiger partial charge in [0.2, 0.25) is 5.91 Å². The number of nitrogens with zero attached hydrogens (tertiary/aromatic N) is 3. The number of carbonyl (C=O) groups excluding carboxylic acids is 1. The maximum absolute atomic E-state index is 12.4. The minimum atomic E-state index is -0.0348. The first-order valence-electron chi connectivity index (χ1n) is 9.51. The molecule has 7 heteroatoms. The average molecular weight is 413 g/mol. The number of carbonyl (C=O) groups is 1. The Labute approximate surface area is 173 Å². The van der Waals surface area contributed by atoms with Gasteiger partial charge in [0, 0.05) is 28.6 Å². The van der Waals surface area contributed by atoms with Crippen molar-refractivity contribution in [2.24, 2.45) is 7.05 Å². The number of aromatic nitrogens is 3. The largest absolute Gasteiger partial charge is 0.325 e. The topological polar surface area (TPSA) is 59.8 Å². The van der Waals surface area contributed by atoms with Crippen molar-refractivity contribution in [3.05, 3.63) is 45.1 Å². The van der Waals surface area contributed by atoms with Crippen molar-refractivity contribution < 1.29 is 4.79 Å². The van der Waals surface area contributed by atoms with Crippen LogP contribution in [-0.4, -0.2) is 26.4 Å². The van der Waals surface area contributed by atoms with Gasteiger partial charge in [-0.15, -0.1) is 21.5 Å². The lowest BCUT2D eigenvalue weighted by Crippen LogP contribution is -2.14. The van der Waals surface area contributed by atoms with E-state index in [4.69, 9.17) is 0 Å². The van der Waals surface area contributed by atoms with Crippen LogP contribution in [0.1, 0.15) is 34.4 Å². The molecule has 5 nitrogen and oxygen atoms in total. The summed E-state index contributed by atoms with van der Waals surface area (Å²) in [5.41, 5.74) is 5.77. The van der Waals surface area contributed by atoms with Crippen LogP contribution in [-0.2, 0) is 24.7 Å². The molecule has 1 N–H and O–H groups in total. The molecule has 3 aromatic rings. The van der Waals surface area contributed by atoms with E-state index in [-0.39, 0.29) is 5.91 Å². The molecule has 0 bridgehead atoms. The summed E-state index contributed by atoms with van der Waals surface area (Å²) >= 11 is 3.25. The fourth-order valence-electron chi connectivity index (χ4n) is 3.73. The number of fused-ring (bicyclic) bond motifs is 1. The van der Waals surface area contributed by atoms with Crippen LogP contribution < -0.4 is 5.32 Å². The Hall–Kier alpha value is -2.12. The number of thioether (sulfide) groups is 1. The van der Waals surface area contributed by atoms with Crippen LogP contribution in [0.3, 0.4) is 0 Å². The van der Waals surface area contributed by atoms with Crippen LogP contribution in [0.2, 0.25) is 0 Å². The summed E-state index contributed by atoms with van der Waals surface area (Å²) in [4.78, 5) is 13.9. The fourth-order valence-corrected chi connectivity index (χ4v) is 5.57. The molecule has 2 heterocycles. The highest BCUT2D eigenvalue weighted by molar-refractivity contribution is 7.99. The number of anilines is 1. The zero-order chi connectivity index (χ0) is 19.7. The third kappa shape index (κ3) is 4.00. The summed E-state index contributed by atoms with van der Waals surface area (Å²) in [5, 5.41) is 14.7. The van der Waals surface area contributed by atoms with E-state index in [1.165, 1.54) is 47.0 Å². The summed E-state index contributed by atoms with van der Waals surface area (Å²) in [6, 6.07) is 6.06. The molecule has 1 aromatic carbocycles. The van der Waals surface area contributed by atoms with Gasteiger partial charge in [0.05, 0.1) is 5.75 Å².